The number of aryl methyl sites for hydroxylation is 1. The Labute approximate surface area is 154 Å². The van der Waals surface area contributed by atoms with E-state index in [9.17, 15) is 4.79 Å². The van der Waals surface area contributed by atoms with E-state index < -0.39 is 5.79 Å². The van der Waals surface area contributed by atoms with Crippen molar-refractivity contribution in [2.45, 2.75) is 45.3 Å². The topological polar surface area (TPSA) is 67.8 Å². The van der Waals surface area contributed by atoms with Gasteiger partial charge in [-0.25, -0.2) is 9.97 Å². The molecule has 7 nitrogen and oxygen atoms in total. The maximum absolute atomic E-state index is 13.0. The number of ether oxygens (including phenoxy) is 2. The Kier molecular flexibility index (Phi) is 4.84. The molecule has 3 fully saturated rings. The zero-order valence-corrected chi connectivity index (χ0v) is 15.7. The van der Waals surface area contributed by atoms with Crippen LogP contribution in [0.25, 0.3) is 0 Å². The summed E-state index contributed by atoms with van der Waals surface area (Å²) in [7, 11) is 0. The Morgan fingerprint density at radius 2 is 1.92 bits per heavy atom. The molecule has 0 saturated carbocycles. The van der Waals surface area contributed by atoms with Gasteiger partial charge in [-0.1, -0.05) is 6.92 Å². The molecule has 3 aliphatic rings. The lowest BCUT2D eigenvalue weighted by molar-refractivity contribution is -0.181. The van der Waals surface area contributed by atoms with Crippen LogP contribution in [-0.4, -0.2) is 66.0 Å². The summed E-state index contributed by atoms with van der Waals surface area (Å²) in [5.41, 5.74) is 1.34. The van der Waals surface area contributed by atoms with E-state index in [4.69, 9.17) is 9.47 Å². The van der Waals surface area contributed by atoms with E-state index in [1.807, 2.05) is 11.8 Å². The number of hydrogen-bond donors (Lipinski definition) is 0. The van der Waals surface area contributed by atoms with Crippen LogP contribution < -0.4 is 4.90 Å². The first-order valence-electron chi connectivity index (χ1n) is 9.72. The predicted octanol–water partition coefficient (Wildman–Crippen LogP) is 2.00. The van der Waals surface area contributed by atoms with Gasteiger partial charge in [0.1, 0.15) is 5.69 Å². The van der Waals surface area contributed by atoms with Crippen molar-refractivity contribution in [3.05, 3.63) is 17.5 Å². The third-order valence-corrected chi connectivity index (χ3v) is 5.63. The van der Waals surface area contributed by atoms with Crippen molar-refractivity contribution in [2.24, 2.45) is 5.92 Å². The van der Waals surface area contributed by atoms with Crippen molar-refractivity contribution in [3.63, 3.8) is 0 Å². The summed E-state index contributed by atoms with van der Waals surface area (Å²) < 4.78 is 11.5. The average Bonchev–Trinajstić information content (AvgIpc) is 3.09. The SMILES string of the molecule is Cc1cc(C(=O)N2CCC3(CC2)OCCO3)nc(N2CCCC(C)C2)n1. The Balaban J connectivity index is 1.47. The first-order valence-corrected chi connectivity index (χ1v) is 9.72. The normalized spacial score (nSPS) is 25.7. The van der Waals surface area contributed by atoms with Gasteiger partial charge in [-0.05, 0) is 31.7 Å². The van der Waals surface area contributed by atoms with Gasteiger partial charge in [-0.2, -0.15) is 0 Å². The van der Waals surface area contributed by atoms with Crippen molar-refractivity contribution in [2.75, 3.05) is 44.3 Å². The molecule has 0 N–H and O–H groups in total. The van der Waals surface area contributed by atoms with Gasteiger partial charge in [0.15, 0.2) is 5.79 Å². The lowest BCUT2D eigenvalue weighted by atomic mass is 10.0. The summed E-state index contributed by atoms with van der Waals surface area (Å²) in [5.74, 6) is 0.843. The number of carbonyl (C=O) groups is 1. The Morgan fingerprint density at radius 3 is 2.62 bits per heavy atom. The number of likely N-dealkylation sites (tertiary alicyclic amines) is 1. The second kappa shape index (κ2) is 7.12. The van der Waals surface area contributed by atoms with Gasteiger partial charge in [0.05, 0.1) is 13.2 Å². The summed E-state index contributed by atoms with van der Waals surface area (Å²) >= 11 is 0. The summed E-state index contributed by atoms with van der Waals surface area (Å²) in [6, 6.07) is 1.80. The fraction of sp³-hybridized carbons (Fsp3) is 0.737. The minimum atomic E-state index is -0.465. The second-order valence-corrected chi connectivity index (χ2v) is 7.79. The number of rotatable bonds is 2. The first-order chi connectivity index (χ1) is 12.5. The summed E-state index contributed by atoms with van der Waals surface area (Å²) in [4.78, 5) is 26.3. The molecule has 0 radical (unpaired) electrons. The highest BCUT2D eigenvalue weighted by Crippen LogP contribution is 2.31. The molecule has 4 heterocycles. The molecule has 4 rings (SSSR count). The van der Waals surface area contributed by atoms with Crippen LogP contribution in [0.5, 0.6) is 0 Å². The number of aromatic nitrogens is 2. The van der Waals surface area contributed by atoms with Crippen molar-refractivity contribution >= 4 is 11.9 Å². The van der Waals surface area contributed by atoms with Crippen molar-refractivity contribution < 1.29 is 14.3 Å². The molecule has 0 aromatic carbocycles. The van der Waals surface area contributed by atoms with Crippen LogP contribution in [0.4, 0.5) is 5.95 Å². The van der Waals surface area contributed by atoms with E-state index >= 15 is 0 Å². The van der Waals surface area contributed by atoms with Gasteiger partial charge in [0, 0.05) is 44.7 Å². The van der Waals surface area contributed by atoms with E-state index in [0.29, 0.717) is 43.9 Å². The minimum Gasteiger partial charge on any atom is -0.347 e. The molecule has 7 heteroatoms. The highest BCUT2D eigenvalue weighted by atomic mass is 16.7. The molecule has 1 atom stereocenters. The molecule has 3 saturated heterocycles. The number of nitrogens with zero attached hydrogens (tertiary/aromatic N) is 4. The molecule has 1 spiro atoms. The van der Waals surface area contributed by atoms with Crippen LogP contribution in [0, 0.1) is 12.8 Å². The number of piperidine rings is 2. The second-order valence-electron chi connectivity index (χ2n) is 7.79. The van der Waals surface area contributed by atoms with Crippen LogP contribution in [0.1, 0.15) is 48.8 Å². The molecule has 3 aliphatic heterocycles. The third-order valence-electron chi connectivity index (χ3n) is 5.63. The molecule has 1 aromatic heterocycles. The first kappa shape index (κ1) is 17.7. The summed E-state index contributed by atoms with van der Waals surface area (Å²) in [6.07, 6.45) is 3.84. The van der Waals surface area contributed by atoms with Gasteiger partial charge >= 0.3 is 0 Å². The summed E-state index contributed by atoms with van der Waals surface area (Å²) in [5, 5.41) is 0. The van der Waals surface area contributed by atoms with Crippen LogP contribution in [0.3, 0.4) is 0 Å². The van der Waals surface area contributed by atoms with Gasteiger partial charge in [0.25, 0.3) is 5.91 Å². The maximum Gasteiger partial charge on any atom is 0.272 e. The molecule has 0 aliphatic carbocycles. The lowest BCUT2D eigenvalue weighted by Gasteiger charge is -2.37. The van der Waals surface area contributed by atoms with Gasteiger partial charge in [0.2, 0.25) is 5.95 Å². The largest absolute Gasteiger partial charge is 0.347 e. The molecule has 1 unspecified atom stereocenters. The number of amides is 1. The molecule has 0 bridgehead atoms. The average molecular weight is 360 g/mol. The Bertz CT molecular complexity index is 665. The molecule has 1 amide bonds. The molecule has 142 valence electrons. The molecular formula is C19H28N4O3. The Hall–Kier alpha value is -1.73. The molecular weight excluding hydrogens is 332 g/mol. The maximum atomic E-state index is 13.0. The quantitative estimate of drug-likeness (QED) is 0.804. The van der Waals surface area contributed by atoms with Gasteiger partial charge < -0.3 is 19.3 Å². The number of anilines is 1. The monoisotopic (exact) mass is 360 g/mol. The van der Waals surface area contributed by atoms with Crippen LogP contribution >= 0.6 is 0 Å². The fourth-order valence-corrected chi connectivity index (χ4v) is 4.17. The summed E-state index contributed by atoms with van der Waals surface area (Å²) in [6.45, 7) is 8.68. The standard InChI is InChI=1S/C19H28N4O3/c1-14-4-3-7-23(13-14)18-20-15(2)12-16(21-18)17(24)22-8-5-19(6-9-22)25-10-11-26-19/h12,14H,3-11,13H2,1-2H3. The fourth-order valence-electron chi connectivity index (χ4n) is 4.17. The van der Waals surface area contributed by atoms with Crippen LogP contribution in [0.2, 0.25) is 0 Å². The highest BCUT2D eigenvalue weighted by molar-refractivity contribution is 5.92. The predicted molar refractivity (Wildman–Crippen MR) is 97.2 cm³/mol. The van der Waals surface area contributed by atoms with E-state index in [-0.39, 0.29) is 5.91 Å². The third kappa shape index (κ3) is 3.55. The van der Waals surface area contributed by atoms with Crippen molar-refractivity contribution in [1.29, 1.82) is 0 Å². The minimum absolute atomic E-state index is 0.0188. The smallest absolute Gasteiger partial charge is 0.272 e. The number of hydrogen-bond acceptors (Lipinski definition) is 6. The zero-order valence-electron chi connectivity index (χ0n) is 15.7. The molecule has 1 aromatic rings. The Morgan fingerprint density at radius 1 is 1.19 bits per heavy atom. The van der Waals surface area contributed by atoms with Crippen LogP contribution in [0.15, 0.2) is 6.07 Å². The highest BCUT2D eigenvalue weighted by Gasteiger charge is 2.41. The van der Waals surface area contributed by atoms with Crippen molar-refractivity contribution in [1.82, 2.24) is 14.9 Å². The van der Waals surface area contributed by atoms with Crippen molar-refractivity contribution in [3.8, 4) is 0 Å². The van der Waals surface area contributed by atoms with E-state index in [2.05, 4.69) is 21.8 Å². The molecule has 26 heavy (non-hydrogen) atoms. The van der Waals surface area contributed by atoms with Gasteiger partial charge in [-0.3, -0.25) is 4.79 Å². The van der Waals surface area contributed by atoms with E-state index in [0.717, 1.165) is 38.0 Å². The lowest BCUT2D eigenvalue weighted by Crippen LogP contribution is -2.47. The van der Waals surface area contributed by atoms with Gasteiger partial charge in [-0.15, -0.1) is 0 Å². The number of carbonyl (C=O) groups excluding carboxylic acids is 1. The van der Waals surface area contributed by atoms with E-state index in [1.165, 1.54) is 6.42 Å². The van der Waals surface area contributed by atoms with Crippen LogP contribution in [-0.2, 0) is 9.47 Å². The zero-order chi connectivity index (χ0) is 18.1. The van der Waals surface area contributed by atoms with E-state index in [1.54, 1.807) is 6.07 Å².